The minimum Gasteiger partial charge on any atom is -0.370 e. The summed E-state index contributed by atoms with van der Waals surface area (Å²) >= 11 is 0. The van der Waals surface area contributed by atoms with Crippen LogP contribution in [-0.4, -0.2) is 12.2 Å². The second-order valence-electron chi connectivity index (χ2n) is 5.09. The minimum absolute atomic E-state index is 0.299. The topological polar surface area (TPSA) is 12.0 Å². The quantitative estimate of drug-likeness (QED) is 0.790. The second-order valence-corrected chi connectivity index (χ2v) is 5.09. The highest BCUT2D eigenvalue weighted by Gasteiger charge is 2.44. The normalized spacial score (nSPS) is 18.2. The number of anilines is 1. The van der Waals surface area contributed by atoms with E-state index in [9.17, 15) is 13.2 Å². The Morgan fingerprint density at radius 1 is 0.905 bits per heavy atom. The number of fused-ring (bicyclic) bond motifs is 1. The van der Waals surface area contributed by atoms with E-state index in [1.54, 1.807) is 19.1 Å². The van der Waals surface area contributed by atoms with Crippen LogP contribution in [0.25, 0.3) is 5.57 Å². The van der Waals surface area contributed by atoms with Gasteiger partial charge in [-0.05, 0) is 29.7 Å². The fraction of sp³-hybridized carbons (Fsp3) is 0.176. The average molecular weight is 289 g/mol. The Morgan fingerprint density at radius 3 is 2.19 bits per heavy atom. The zero-order valence-corrected chi connectivity index (χ0v) is 11.4. The Kier molecular flexibility index (Phi) is 3.24. The van der Waals surface area contributed by atoms with E-state index in [1.807, 2.05) is 42.5 Å². The van der Waals surface area contributed by atoms with E-state index in [1.165, 1.54) is 0 Å². The Bertz CT molecular complexity index is 687. The van der Waals surface area contributed by atoms with Gasteiger partial charge in [0.25, 0.3) is 0 Å². The number of halogens is 3. The highest BCUT2D eigenvalue weighted by Crippen LogP contribution is 2.42. The molecule has 2 aromatic carbocycles. The molecule has 1 heterocycles. The van der Waals surface area contributed by atoms with Gasteiger partial charge in [0.1, 0.15) is 6.04 Å². The van der Waals surface area contributed by atoms with Gasteiger partial charge >= 0.3 is 6.18 Å². The monoisotopic (exact) mass is 289 g/mol. The molecule has 1 unspecified atom stereocenters. The summed E-state index contributed by atoms with van der Waals surface area (Å²) < 4.78 is 39.8. The number of nitrogens with one attached hydrogen (secondary N) is 1. The van der Waals surface area contributed by atoms with Gasteiger partial charge in [-0.1, -0.05) is 48.5 Å². The molecule has 1 atom stereocenters. The maximum atomic E-state index is 13.3. The fourth-order valence-corrected chi connectivity index (χ4v) is 2.76. The first kappa shape index (κ1) is 13.7. The predicted octanol–water partition coefficient (Wildman–Crippen LogP) is 4.86. The van der Waals surface area contributed by atoms with Crippen molar-refractivity contribution in [2.45, 2.75) is 19.1 Å². The van der Waals surface area contributed by atoms with E-state index in [0.717, 1.165) is 11.1 Å². The van der Waals surface area contributed by atoms with Gasteiger partial charge < -0.3 is 5.32 Å². The van der Waals surface area contributed by atoms with Crippen LogP contribution < -0.4 is 5.32 Å². The van der Waals surface area contributed by atoms with Crippen LogP contribution in [0.4, 0.5) is 18.9 Å². The predicted molar refractivity (Wildman–Crippen MR) is 78.0 cm³/mol. The number of para-hydroxylation sites is 1. The van der Waals surface area contributed by atoms with Gasteiger partial charge in [0, 0.05) is 11.3 Å². The lowest BCUT2D eigenvalue weighted by molar-refractivity contribution is -0.134. The van der Waals surface area contributed by atoms with Crippen LogP contribution >= 0.6 is 0 Å². The highest BCUT2D eigenvalue weighted by atomic mass is 19.4. The van der Waals surface area contributed by atoms with Crippen LogP contribution in [0.5, 0.6) is 0 Å². The molecule has 0 bridgehead atoms. The summed E-state index contributed by atoms with van der Waals surface area (Å²) in [6.45, 7) is 1.55. The van der Waals surface area contributed by atoms with Gasteiger partial charge in [-0.15, -0.1) is 0 Å². The largest absolute Gasteiger partial charge is 0.412 e. The van der Waals surface area contributed by atoms with Crippen molar-refractivity contribution in [3.05, 3.63) is 71.3 Å². The van der Waals surface area contributed by atoms with Crippen molar-refractivity contribution < 1.29 is 13.2 Å². The maximum absolute atomic E-state index is 13.3. The molecule has 0 amide bonds. The first-order chi connectivity index (χ1) is 9.98. The molecule has 108 valence electrons. The van der Waals surface area contributed by atoms with Crippen LogP contribution in [0, 0.1) is 0 Å². The molecule has 1 aliphatic rings. The molecule has 0 aliphatic carbocycles. The molecule has 3 rings (SSSR count). The van der Waals surface area contributed by atoms with E-state index < -0.39 is 12.2 Å². The van der Waals surface area contributed by atoms with Crippen LogP contribution in [0.2, 0.25) is 0 Å². The lowest BCUT2D eigenvalue weighted by atomic mass is 9.86. The molecule has 1 nitrogen and oxygen atoms in total. The first-order valence-corrected chi connectivity index (χ1v) is 6.67. The van der Waals surface area contributed by atoms with Crippen LogP contribution in [0.1, 0.15) is 18.1 Å². The summed E-state index contributed by atoms with van der Waals surface area (Å²) in [6, 6.07) is 14.7. The van der Waals surface area contributed by atoms with Crippen LogP contribution in [0.15, 0.2) is 60.2 Å². The summed E-state index contributed by atoms with van der Waals surface area (Å²) in [6.07, 6.45) is -4.32. The summed E-state index contributed by atoms with van der Waals surface area (Å²) in [4.78, 5) is 0. The summed E-state index contributed by atoms with van der Waals surface area (Å²) in [5, 5.41) is 2.60. The molecular weight excluding hydrogens is 275 g/mol. The SMILES string of the molecule is CC1=C(c2ccccc2)c2ccccc2NC1C(F)(F)F. The number of benzene rings is 2. The van der Waals surface area contributed by atoms with Crippen LogP contribution in [-0.2, 0) is 0 Å². The summed E-state index contributed by atoms with van der Waals surface area (Å²) in [5.74, 6) is 0. The second kappa shape index (κ2) is 4.95. The Morgan fingerprint density at radius 2 is 1.52 bits per heavy atom. The molecule has 1 N–H and O–H groups in total. The maximum Gasteiger partial charge on any atom is 0.412 e. The molecule has 21 heavy (non-hydrogen) atoms. The molecule has 0 fully saturated rings. The third kappa shape index (κ3) is 2.42. The molecule has 2 aromatic rings. The van der Waals surface area contributed by atoms with Crippen molar-refractivity contribution in [1.29, 1.82) is 0 Å². The molecule has 0 radical (unpaired) electrons. The summed E-state index contributed by atoms with van der Waals surface area (Å²) in [5.41, 5.74) is 3.09. The third-order valence-corrected chi connectivity index (χ3v) is 3.71. The Hall–Kier alpha value is -2.23. The molecule has 0 saturated carbocycles. The fourth-order valence-electron chi connectivity index (χ4n) is 2.76. The summed E-state index contributed by atoms with van der Waals surface area (Å²) in [7, 11) is 0. The molecule has 4 heteroatoms. The van der Waals surface area contributed by atoms with E-state index in [-0.39, 0.29) is 0 Å². The van der Waals surface area contributed by atoms with Gasteiger partial charge in [0.2, 0.25) is 0 Å². The zero-order chi connectivity index (χ0) is 15.0. The van der Waals surface area contributed by atoms with E-state index in [2.05, 4.69) is 5.32 Å². The zero-order valence-electron chi connectivity index (χ0n) is 11.4. The van der Waals surface area contributed by atoms with Crippen molar-refractivity contribution >= 4 is 11.3 Å². The van der Waals surface area contributed by atoms with Crippen molar-refractivity contribution in [1.82, 2.24) is 0 Å². The number of alkyl halides is 3. The highest BCUT2D eigenvalue weighted by molar-refractivity contribution is 5.91. The van der Waals surface area contributed by atoms with E-state index in [0.29, 0.717) is 16.8 Å². The first-order valence-electron chi connectivity index (χ1n) is 6.67. The van der Waals surface area contributed by atoms with Gasteiger partial charge in [-0.2, -0.15) is 13.2 Å². The lowest BCUT2D eigenvalue weighted by Gasteiger charge is -2.32. The van der Waals surface area contributed by atoms with Crippen molar-refractivity contribution in [2.24, 2.45) is 0 Å². The van der Waals surface area contributed by atoms with Crippen molar-refractivity contribution in [3.8, 4) is 0 Å². The van der Waals surface area contributed by atoms with Crippen molar-refractivity contribution in [2.75, 3.05) is 5.32 Å². The average Bonchev–Trinajstić information content (AvgIpc) is 2.46. The van der Waals surface area contributed by atoms with E-state index in [4.69, 9.17) is 0 Å². The molecule has 0 aromatic heterocycles. The number of hydrogen-bond acceptors (Lipinski definition) is 1. The van der Waals surface area contributed by atoms with Gasteiger partial charge in [-0.3, -0.25) is 0 Å². The van der Waals surface area contributed by atoms with Crippen molar-refractivity contribution in [3.63, 3.8) is 0 Å². The Balaban J connectivity index is 2.24. The lowest BCUT2D eigenvalue weighted by Crippen LogP contribution is -2.39. The number of hydrogen-bond donors (Lipinski definition) is 1. The molecule has 0 saturated heterocycles. The van der Waals surface area contributed by atoms with Gasteiger partial charge in [0.15, 0.2) is 0 Å². The standard InChI is InChI=1S/C17H14F3N/c1-11-15(12-7-3-2-4-8-12)13-9-5-6-10-14(13)21-16(11)17(18,19)20/h2-10,16,21H,1H3. The smallest absolute Gasteiger partial charge is 0.370 e. The molecule has 1 aliphatic heterocycles. The molecular formula is C17H14F3N. The van der Waals surface area contributed by atoms with Gasteiger partial charge in [-0.25, -0.2) is 0 Å². The third-order valence-electron chi connectivity index (χ3n) is 3.71. The molecule has 0 spiro atoms. The van der Waals surface area contributed by atoms with E-state index >= 15 is 0 Å². The van der Waals surface area contributed by atoms with Gasteiger partial charge in [0.05, 0.1) is 0 Å². The van der Waals surface area contributed by atoms with Crippen LogP contribution in [0.3, 0.4) is 0 Å². The number of rotatable bonds is 1. The minimum atomic E-state index is -4.32. The Labute approximate surface area is 121 Å².